The summed E-state index contributed by atoms with van der Waals surface area (Å²) in [4.78, 5) is 34.7. The van der Waals surface area contributed by atoms with Crippen LogP contribution in [-0.2, 0) is 11.2 Å². The van der Waals surface area contributed by atoms with Crippen LogP contribution in [0, 0.1) is 0 Å². The van der Waals surface area contributed by atoms with Crippen molar-refractivity contribution >= 4 is 17.5 Å². The molecule has 1 aromatic carbocycles. The van der Waals surface area contributed by atoms with Crippen LogP contribution in [0.4, 0.5) is 4.39 Å². The van der Waals surface area contributed by atoms with E-state index in [1.165, 1.54) is 12.3 Å². The third kappa shape index (κ3) is 6.36. The topological polar surface area (TPSA) is 111 Å². The number of halogens is 2. The lowest BCUT2D eigenvalue weighted by Gasteiger charge is -2.09. The number of H-pyrrole nitrogens is 1. The van der Waals surface area contributed by atoms with Crippen LogP contribution < -0.4 is 16.0 Å². The molecule has 3 rings (SSSR count). The zero-order valence-corrected chi connectivity index (χ0v) is 17.5. The molecule has 0 saturated heterocycles. The summed E-state index contributed by atoms with van der Waals surface area (Å²) in [6, 6.07) is 10.2. The number of pyridine rings is 1. The van der Waals surface area contributed by atoms with E-state index < -0.39 is 6.67 Å². The summed E-state index contributed by atoms with van der Waals surface area (Å²) in [5.41, 5.74) is 7.44. The smallest absolute Gasteiger partial charge is 0.251 e. The van der Waals surface area contributed by atoms with Crippen LogP contribution in [-0.4, -0.2) is 34.1 Å². The van der Waals surface area contributed by atoms with Crippen LogP contribution in [0.1, 0.15) is 24.8 Å². The second-order valence-electron chi connectivity index (χ2n) is 6.89. The molecular formula is C22H22ClFN4O3. The van der Waals surface area contributed by atoms with Gasteiger partial charge in [-0.2, -0.15) is 0 Å². The van der Waals surface area contributed by atoms with Gasteiger partial charge in [-0.05, 0) is 36.6 Å². The molecule has 0 fully saturated rings. The van der Waals surface area contributed by atoms with Crippen LogP contribution in [0.15, 0.2) is 47.4 Å². The number of aromatic amines is 1. The fraction of sp³-hybridized carbons (Fsp3) is 0.273. The summed E-state index contributed by atoms with van der Waals surface area (Å²) < 4.78 is 17.5. The van der Waals surface area contributed by atoms with Gasteiger partial charge >= 0.3 is 0 Å². The van der Waals surface area contributed by atoms with E-state index in [1.807, 2.05) is 12.1 Å². The fourth-order valence-electron chi connectivity index (χ4n) is 2.96. The number of alkyl halides is 1. The number of nitrogens with two attached hydrogens (primary N) is 1. The first kappa shape index (κ1) is 22.4. The van der Waals surface area contributed by atoms with Crippen LogP contribution in [0.25, 0.3) is 22.6 Å². The number of nitrogens with one attached hydrogen (secondary N) is 1. The van der Waals surface area contributed by atoms with Gasteiger partial charge in [-0.1, -0.05) is 17.7 Å². The van der Waals surface area contributed by atoms with Gasteiger partial charge in [-0.25, -0.2) is 9.97 Å². The maximum Gasteiger partial charge on any atom is 0.251 e. The molecule has 9 heteroatoms. The largest absolute Gasteiger partial charge is 0.478 e. The average molecular weight is 445 g/mol. The number of carbonyl (C=O) groups is 1. The lowest BCUT2D eigenvalue weighted by atomic mass is 10.0. The Balaban J connectivity index is 1.86. The highest BCUT2D eigenvalue weighted by Gasteiger charge is 2.11. The summed E-state index contributed by atoms with van der Waals surface area (Å²) in [5.74, 6) is 0.349. The number of hydrogen-bond acceptors (Lipinski definition) is 5. The number of carbonyl (C=O) groups excluding carboxylic acids is 1. The Morgan fingerprint density at radius 2 is 2.03 bits per heavy atom. The van der Waals surface area contributed by atoms with Crippen molar-refractivity contribution in [1.29, 1.82) is 0 Å². The molecule has 1 amide bonds. The summed E-state index contributed by atoms with van der Waals surface area (Å²) in [6.07, 6.45) is 3.39. The SMILES string of the molecule is NC(=O)CCCc1ccc(Cl)c(-c2nc(-c3ccc(OCCCF)nc3)cc(=O)[nH]2)c1. The van der Waals surface area contributed by atoms with Gasteiger partial charge in [-0.3, -0.25) is 14.0 Å². The first-order chi connectivity index (χ1) is 15.0. The molecule has 7 nitrogen and oxygen atoms in total. The minimum absolute atomic E-state index is 0.241. The molecule has 162 valence electrons. The molecule has 0 radical (unpaired) electrons. The standard InChI is InChI=1S/C22H22ClFN4O3/c23-17-7-5-14(3-1-4-19(25)29)11-16(17)22-27-18(12-20(30)28-22)15-6-8-21(26-13-15)31-10-2-9-24/h5-8,11-13H,1-4,9-10H2,(H2,25,29)(H,27,28,30). The number of nitrogens with zero attached hydrogens (tertiary/aromatic N) is 2. The van der Waals surface area contributed by atoms with Crippen molar-refractivity contribution in [3.63, 3.8) is 0 Å². The minimum Gasteiger partial charge on any atom is -0.478 e. The predicted molar refractivity (Wildman–Crippen MR) is 117 cm³/mol. The number of ether oxygens (including phenoxy) is 1. The van der Waals surface area contributed by atoms with Crippen molar-refractivity contribution in [2.45, 2.75) is 25.7 Å². The van der Waals surface area contributed by atoms with Crippen LogP contribution >= 0.6 is 11.6 Å². The Kier molecular flexibility index (Phi) is 7.72. The van der Waals surface area contributed by atoms with Gasteiger partial charge in [0.2, 0.25) is 11.8 Å². The number of hydrogen-bond donors (Lipinski definition) is 2. The summed E-state index contributed by atoms with van der Waals surface area (Å²) >= 11 is 6.36. The van der Waals surface area contributed by atoms with Crippen LogP contribution in [0.3, 0.4) is 0 Å². The van der Waals surface area contributed by atoms with Gasteiger partial charge in [0.25, 0.3) is 5.56 Å². The molecule has 0 aliphatic carbocycles. The van der Waals surface area contributed by atoms with E-state index in [0.29, 0.717) is 59.2 Å². The van der Waals surface area contributed by atoms with Crippen molar-refractivity contribution in [2.75, 3.05) is 13.3 Å². The minimum atomic E-state index is -0.452. The highest BCUT2D eigenvalue weighted by atomic mass is 35.5. The number of aromatic nitrogens is 3. The van der Waals surface area contributed by atoms with E-state index in [-0.39, 0.29) is 18.1 Å². The Bertz CT molecular complexity index is 1100. The third-order valence-corrected chi connectivity index (χ3v) is 4.81. The number of amides is 1. The lowest BCUT2D eigenvalue weighted by Crippen LogP contribution is -2.10. The molecule has 0 spiro atoms. The summed E-state index contributed by atoms with van der Waals surface area (Å²) in [5, 5.41) is 0.439. The molecule has 0 unspecified atom stereocenters. The molecule has 2 heterocycles. The highest BCUT2D eigenvalue weighted by molar-refractivity contribution is 6.33. The maximum atomic E-state index is 12.3. The first-order valence-corrected chi connectivity index (χ1v) is 10.2. The van der Waals surface area contributed by atoms with Crippen molar-refractivity contribution in [2.24, 2.45) is 5.73 Å². The molecule has 31 heavy (non-hydrogen) atoms. The van der Waals surface area contributed by atoms with Crippen LogP contribution in [0.2, 0.25) is 5.02 Å². The maximum absolute atomic E-state index is 12.3. The Labute approximate surface area is 183 Å². The molecule has 3 aromatic rings. The molecule has 0 atom stereocenters. The van der Waals surface area contributed by atoms with Gasteiger partial charge in [0.1, 0.15) is 5.82 Å². The normalized spacial score (nSPS) is 10.8. The molecule has 0 aliphatic rings. The lowest BCUT2D eigenvalue weighted by molar-refractivity contribution is -0.118. The molecule has 0 saturated carbocycles. The second kappa shape index (κ2) is 10.7. The highest BCUT2D eigenvalue weighted by Crippen LogP contribution is 2.28. The third-order valence-electron chi connectivity index (χ3n) is 4.48. The summed E-state index contributed by atoms with van der Waals surface area (Å²) in [7, 11) is 0. The Morgan fingerprint density at radius 1 is 1.19 bits per heavy atom. The van der Waals surface area contributed by atoms with E-state index in [9.17, 15) is 14.0 Å². The van der Waals surface area contributed by atoms with Gasteiger partial charge in [0, 0.05) is 42.3 Å². The molecule has 2 aromatic heterocycles. The van der Waals surface area contributed by atoms with E-state index in [1.54, 1.807) is 18.2 Å². The van der Waals surface area contributed by atoms with E-state index in [4.69, 9.17) is 22.1 Å². The quantitative estimate of drug-likeness (QED) is 0.463. The van der Waals surface area contributed by atoms with E-state index in [2.05, 4.69) is 15.0 Å². The van der Waals surface area contributed by atoms with E-state index >= 15 is 0 Å². The number of benzene rings is 1. The molecule has 0 aliphatic heterocycles. The van der Waals surface area contributed by atoms with Gasteiger partial charge in [0.15, 0.2) is 0 Å². The van der Waals surface area contributed by atoms with E-state index in [0.717, 1.165) is 5.56 Å². The van der Waals surface area contributed by atoms with Gasteiger partial charge in [0.05, 0.1) is 24.0 Å². The molecular weight excluding hydrogens is 423 g/mol. The number of aryl methyl sites for hydroxylation is 1. The fourth-order valence-corrected chi connectivity index (χ4v) is 3.16. The summed E-state index contributed by atoms with van der Waals surface area (Å²) in [6.45, 7) is -0.211. The Hall–Kier alpha value is -3.26. The van der Waals surface area contributed by atoms with Crippen LogP contribution in [0.5, 0.6) is 5.88 Å². The van der Waals surface area contributed by atoms with Crippen molar-refractivity contribution in [1.82, 2.24) is 15.0 Å². The van der Waals surface area contributed by atoms with Crippen molar-refractivity contribution in [3.05, 3.63) is 63.5 Å². The molecule has 3 N–H and O–H groups in total. The van der Waals surface area contributed by atoms with Crippen molar-refractivity contribution < 1.29 is 13.9 Å². The molecule has 0 bridgehead atoms. The van der Waals surface area contributed by atoms with Crippen molar-refractivity contribution in [3.8, 4) is 28.5 Å². The monoisotopic (exact) mass is 444 g/mol. The zero-order valence-electron chi connectivity index (χ0n) is 16.7. The number of primary amides is 1. The predicted octanol–water partition coefficient (Wildman–Crippen LogP) is 3.70. The Morgan fingerprint density at radius 3 is 2.74 bits per heavy atom. The number of rotatable bonds is 10. The van der Waals surface area contributed by atoms with Gasteiger partial charge < -0.3 is 15.5 Å². The zero-order chi connectivity index (χ0) is 22.2. The average Bonchev–Trinajstić information content (AvgIpc) is 2.75. The first-order valence-electron chi connectivity index (χ1n) is 9.80. The van der Waals surface area contributed by atoms with Gasteiger partial charge in [-0.15, -0.1) is 0 Å². The second-order valence-corrected chi connectivity index (χ2v) is 7.30.